The van der Waals surface area contributed by atoms with E-state index in [4.69, 9.17) is 9.68 Å². The number of carbonyl (C=O) groups is 2. The molecule has 1 aromatic heterocycles. The summed E-state index contributed by atoms with van der Waals surface area (Å²) in [6.45, 7) is 1.93. The molecule has 2 amide bonds. The van der Waals surface area contributed by atoms with E-state index in [1.165, 1.54) is 18.1 Å². The van der Waals surface area contributed by atoms with Crippen LogP contribution < -0.4 is 10.2 Å². The van der Waals surface area contributed by atoms with Crippen molar-refractivity contribution in [3.63, 3.8) is 0 Å². The molecular weight excluding hydrogens is 282 g/mol. The molecule has 0 atom stereocenters. The average molecular weight is 297 g/mol. The zero-order valence-electron chi connectivity index (χ0n) is 12.1. The molecule has 0 saturated heterocycles. The van der Waals surface area contributed by atoms with Crippen molar-refractivity contribution in [1.29, 1.82) is 5.26 Å². The van der Waals surface area contributed by atoms with Gasteiger partial charge in [-0.2, -0.15) is 5.26 Å². The Morgan fingerprint density at radius 1 is 1.27 bits per heavy atom. The fraction of sp³-hybridized carbons (Fsp3) is 0.188. The first-order valence-electron chi connectivity index (χ1n) is 6.72. The second-order valence-corrected chi connectivity index (χ2v) is 4.53. The predicted octanol–water partition coefficient (Wildman–Crippen LogP) is 1.93. The van der Waals surface area contributed by atoms with Crippen LogP contribution in [-0.4, -0.2) is 24.9 Å². The Morgan fingerprint density at radius 3 is 2.68 bits per heavy atom. The van der Waals surface area contributed by atoms with Crippen LogP contribution in [0.1, 0.15) is 23.0 Å². The fourth-order valence-corrected chi connectivity index (χ4v) is 2.03. The number of amides is 2. The highest BCUT2D eigenvalue weighted by atomic mass is 16.3. The van der Waals surface area contributed by atoms with Crippen molar-refractivity contribution < 1.29 is 14.0 Å². The monoisotopic (exact) mass is 297 g/mol. The molecule has 0 aliphatic rings. The van der Waals surface area contributed by atoms with Crippen molar-refractivity contribution in [3.8, 4) is 6.07 Å². The molecule has 1 aromatic carbocycles. The number of nitrogens with zero attached hydrogens (tertiary/aromatic N) is 2. The van der Waals surface area contributed by atoms with E-state index in [0.29, 0.717) is 11.3 Å². The van der Waals surface area contributed by atoms with E-state index in [2.05, 4.69) is 11.4 Å². The minimum atomic E-state index is -0.345. The lowest BCUT2D eigenvalue weighted by atomic mass is 10.1. The second-order valence-electron chi connectivity index (χ2n) is 4.53. The summed E-state index contributed by atoms with van der Waals surface area (Å²) in [6, 6.07) is 12.1. The van der Waals surface area contributed by atoms with E-state index in [0.717, 1.165) is 0 Å². The number of hydrogen-bond donors (Lipinski definition) is 1. The maximum absolute atomic E-state index is 11.8. The van der Waals surface area contributed by atoms with E-state index in [-0.39, 0.29) is 30.7 Å². The Balaban J connectivity index is 2.03. The van der Waals surface area contributed by atoms with Crippen molar-refractivity contribution >= 4 is 17.5 Å². The van der Waals surface area contributed by atoms with Crippen LogP contribution >= 0.6 is 0 Å². The van der Waals surface area contributed by atoms with E-state index >= 15 is 0 Å². The molecule has 6 heteroatoms. The van der Waals surface area contributed by atoms with Crippen LogP contribution in [0.2, 0.25) is 0 Å². The molecule has 2 rings (SSSR count). The highest BCUT2D eigenvalue weighted by Crippen LogP contribution is 2.19. The largest absolute Gasteiger partial charge is 0.459 e. The van der Waals surface area contributed by atoms with Gasteiger partial charge in [-0.15, -0.1) is 0 Å². The Hall–Kier alpha value is -3.07. The molecular formula is C16H15N3O3. The highest BCUT2D eigenvalue weighted by Gasteiger charge is 2.15. The summed E-state index contributed by atoms with van der Waals surface area (Å²) in [7, 11) is 0. The molecule has 0 unspecified atom stereocenters. The summed E-state index contributed by atoms with van der Waals surface area (Å²) in [4.78, 5) is 25.0. The van der Waals surface area contributed by atoms with Crippen LogP contribution in [0.25, 0.3) is 0 Å². The third-order valence-corrected chi connectivity index (χ3v) is 3.06. The molecule has 1 N–H and O–H groups in total. The fourth-order valence-electron chi connectivity index (χ4n) is 2.03. The Morgan fingerprint density at radius 2 is 2.05 bits per heavy atom. The molecule has 0 aliphatic heterocycles. The summed E-state index contributed by atoms with van der Waals surface area (Å²) in [5.74, 6) is -0.330. The lowest BCUT2D eigenvalue weighted by molar-refractivity contribution is -0.116. The third-order valence-electron chi connectivity index (χ3n) is 3.06. The number of furan rings is 1. The number of nitriles is 1. The van der Waals surface area contributed by atoms with Gasteiger partial charge in [-0.05, 0) is 24.3 Å². The average Bonchev–Trinajstić information content (AvgIpc) is 3.05. The Kier molecular flexibility index (Phi) is 4.94. The van der Waals surface area contributed by atoms with Crippen LogP contribution in [0.4, 0.5) is 5.69 Å². The lowest BCUT2D eigenvalue weighted by Crippen LogP contribution is -2.37. The van der Waals surface area contributed by atoms with Gasteiger partial charge in [0.1, 0.15) is 6.07 Å². The number of nitrogens with one attached hydrogen (secondary N) is 1. The summed E-state index contributed by atoms with van der Waals surface area (Å²) < 4.78 is 4.99. The second kappa shape index (κ2) is 7.09. The van der Waals surface area contributed by atoms with Crippen LogP contribution in [0.5, 0.6) is 0 Å². The van der Waals surface area contributed by atoms with Gasteiger partial charge in [0.05, 0.1) is 17.5 Å². The Bertz CT molecular complexity index is 702. The van der Waals surface area contributed by atoms with Crippen LogP contribution in [0, 0.1) is 11.3 Å². The zero-order valence-corrected chi connectivity index (χ0v) is 12.1. The standard InChI is InChI=1S/C16H15N3O3/c1-12(20)19(14-6-3-2-5-13(14)11-17)9-8-18-16(21)15-7-4-10-22-15/h2-7,10H,8-9H2,1H3,(H,18,21). The first-order valence-corrected chi connectivity index (χ1v) is 6.72. The summed E-state index contributed by atoms with van der Waals surface area (Å²) in [6.07, 6.45) is 1.42. The normalized spacial score (nSPS) is 9.82. The van der Waals surface area contributed by atoms with Gasteiger partial charge >= 0.3 is 0 Å². The number of hydrogen-bond acceptors (Lipinski definition) is 4. The van der Waals surface area contributed by atoms with Crippen molar-refractivity contribution in [2.75, 3.05) is 18.0 Å². The van der Waals surface area contributed by atoms with E-state index < -0.39 is 0 Å². The molecule has 0 bridgehead atoms. The smallest absolute Gasteiger partial charge is 0.287 e. The summed E-state index contributed by atoms with van der Waals surface area (Å²) >= 11 is 0. The van der Waals surface area contributed by atoms with E-state index in [9.17, 15) is 9.59 Å². The van der Waals surface area contributed by atoms with Gasteiger partial charge in [-0.25, -0.2) is 0 Å². The SMILES string of the molecule is CC(=O)N(CCNC(=O)c1ccco1)c1ccccc1C#N. The van der Waals surface area contributed by atoms with Gasteiger partial charge in [0.15, 0.2) is 5.76 Å². The van der Waals surface area contributed by atoms with Crippen LogP contribution in [-0.2, 0) is 4.79 Å². The molecule has 22 heavy (non-hydrogen) atoms. The number of carbonyl (C=O) groups excluding carboxylic acids is 2. The number of anilines is 1. The van der Waals surface area contributed by atoms with Crippen molar-refractivity contribution in [2.24, 2.45) is 0 Å². The van der Waals surface area contributed by atoms with Crippen molar-refractivity contribution in [2.45, 2.75) is 6.92 Å². The minimum Gasteiger partial charge on any atom is -0.459 e. The highest BCUT2D eigenvalue weighted by molar-refractivity contribution is 5.93. The molecule has 2 aromatic rings. The van der Waals surface area contributed by atoms with Gasteiger partial charge in [0.2, 0.25) is 5.91 Å². The summed E-state index contributed by atoms with van der Waals surface area (Å²) in [5, 5.41) is 11.8. The first kappa shape index (κ1) is 15.3. The lowest BCUT2D eigenvalue weighted by Gasteiger charge is -2.22. The van der Waals surface area contributed by atoms with Crippen molar-refractivity contribution in [3.05, 3.63) is 54.0 Å². The topological polar surface area (TPSA) is 86.3 Å². The molecule has 0 aliphatic carbocycles. The molecule has 0 radical (unpaired) electrons. The van der Waals surface area contributed by atoms with E-state index in [1.807, 2.05) is 0 Å². The van der Waals surface area contributed by atoms with Crippen molar-refractivity contribution in [1.82, 2.24) is 5.32 Å². The molecule has 112 valence electrons. The van der Waals surface area contributed by atoms with Crippen LogP contribution in [0.15, 0.2) is 47.1 Å². The quantitative estimate of drug-likeness (QED) is 0.913. The number of para-hydroxylation sites is 1. The molecule has 1 heterocycles. The van der Waals surface area contributed by atoms with Gasteiger partial charge in [-0.1, -0.05) is 12.1 Å². The van der Waals surface area contributed by atoms with Gasteiger partial charge < -0.3 is 14.6 Å². The third kappa shape index (κ3) is 3.52. The van der Waals surface area contributed by atoms with Gasteiger partial charge in [0.25, 0.3) is 5.91 Å². The number of rotatable bonds is 5. The number of benzene rings is 1. The summed E-state index contributed by atoms with van der Waals surface area (Å²) in [5.41, 5.74) is 0.944. The maximum atomic E-state index is 11.8. The molecule has 0 saturated carbocycles. The molecule has 0 fully saturated rings. The maximum Gasteiger partial charge on any atom is 0.287 e. The molecule has 0 spiro atoms. The zero-order chi connectivity index (χ0) is 15.9. The Labute approximate surface area is 127 Å². The minimum absolute atomic E-state index is 0.199. The molecule has 6 nitrogen and oxygen atoms in total. The van der Waals surface area contributed by atoms with Gasteiger partial charge in [-0.3, -0.25) is 9.59 Å². The van der Waals surface area contributed by atoms with Crippen LogP contribution in [0.3, 0.4) is 0 Å². The van der Waals surface area contributed by atoms with E-state index in [1.54, 1.807) is 36.4 Å². The van der Waals surface area contributed by atoms with Gasteiger partial charge in [0, 0.05) is 20.0 Å². The first-order chi connectivity index (χ1) is 10.6. The predicted molar refractivity (Wildman–Crippen MR) is 80.2 cm³/mol.